The Labute approximate surface area is 319 Å². The van der Waals surface area contributed by atoms with Crippen LogP contribution in [0.1, 0.15) is 11.1 Å². The fourth-order valence-electron chi connectivity index (χ4n) is 8.43. The summed E-state index contributed by atoms with van der Waals surface area (Å²) in [6.45, 7) is 0. The Hall–Kier alpha value is -6.95. The largest absolute Gasteiger partial charge is 0.309 e. The van der Waals surface area contributed by atoms with Gasteiger partial charge in [0, 0.05) is 50.3 Å². The summed E-state index contributed by atoms with van der Waals surface area (Å²) in [6, 6.07) is 67.8. The number of aromatic nitrogens is 2. The van der Waals surface area contributed by atoms with Crippen LogP contribution in [0, 0.1) is 0 Å². The van der Waals surface area contributed by atoms with E-state index in [1.54, 1.807) is 6.20 Å². The minimum atomic E-state index is -2.77. The van der Waals surface area contributed by atoms with Gasteiger partial charge < -0.3 is 9.13 Å². The van der Waals surface area contributed by atoms with Gasteiger partial charge in [0.05, 0.1) is 31.9 Å². The van der Waals surface area contributed by atoms with Crippen LogP contribution in [0.5, 0.6) is 0 Å². The standard InChI is InChI=1S/C50H33N3OS/c54-55(39-15-5-2-6-16-39)50-22-12-9-19-42(50)45(33-51-55)34-23-27-38(28-24-34)53-47-21-11-8-18-41(47)44-32-36(26-30-49(44)53)35-25-29-48-43(31-35)40-17-7-10-20-46(40)52(48)37-13-3-1-4-14-37/h1-33H. The van der Waals surface area contributed by atoms with Crippen LogP contribution in [0.4, 0.5) is 0 Å². The fraction of sp³-hybridized carbons (Fsp3) is 0. The van der Waals surface area contributed by atoms with Gasteiger partial charge in [0.25, 0.3) is 0 Å². The third kappa shape index (κ3) is 4.87. The summed E-state index contributed by atoms with van der Waals surface area (Å²) in [7, 11) is -2.77. The molecule has 5 heteroatoms. The number of fused-ring (bicyclic) bond motifs is 7. The van der Waals surface area contributed by atoms with Crippen molar-refractivity contribution in [3.05, 3.63) is 211 Å². The molecule has 8 aromatic carbocycles. The van der Waals surface area contributed by atoms with E-state index >= 15 is 0 Å². The molecule has 0 aliphatic carbocycles. The Balaban J connectivity index is 1.01. The molecule has 260 valence electrons. The van der Waals surface area contributed by atoms with E-state index in [9.17, 15) is 4.21 Å². The summed E-state index contributed by atoms with van der Waals surface area (Å²) in [4.78, 5) is 1.47. The molecule has 0 spiro atoms. The second-order valence-corrected chi connectivity index (χ2v) is 16.2. The Kier molecular flexibility index (Phi) is 7.06. The van der Waals surface area contributed by atoms with Gasteiger partial charge in [0.2, 0.25) is 0 Å². The first-order valence-electron chi connectivity index (χ1n) is 18.5. The van der Waals surface area contributed by atoms with Crippen molar-refractivity contribution in [3.8, 4) is 22.5 Å². The summed E-state index contributed by atoms with van der Waals surface area (Å²) >= 11 is 0. The molecule has 11 rings (SSSR count). The summed E-state index contributed by atoms with van der Waals surface area (Å²) in [5.41, 5.74) is 12.3. The van der Waals surface area contributed by atoms with Gasteiger partial charge in [0.15, 0.2) is 0 Å². The molecular weight excluding hydrogens is 691 g/mol. The van der Waals surface area contributed by atoms with E-state index in [4.69, 9.17) is 4.36 Å². The molecule has 4 nitrogen and oxygen atoms in total. The predicted octanol–water partition coefficient (Wildman–Crippen LogP) is 12.8. The van der Waals surface area contributed by atoms with Crippen molar-refractivity contribution in [1.29, 1.82) is 0 Å². The van der Waals surface area contributed by atoms with Gasteiger partial charge >= 0.3 is 0 Å². The van der Waals surface area contributed by atoms with Crippen molar-refractivity contribution in [2.45, 2.75) is 9.79 Å². The van der Waals surface area contributed by atoms with Crippen LogP contribution in [0.15, 0.2) is 214 Å². The van der Waals surface area contributed by atoms with Crippen LogP contribution < -0.4 is 0 Å². The van der Waals surface area contributed by atoms with Gasteiger partial charge in [-0.2, -0.15) is 4.36 Å². The Bertz CT molecular complexity index is 3290. The summed E-state index contributed by atoms with van der Waals surface area (Å²) in [5.74, 6) is 0. The second kappa shape index (κ2) is 12.3. The van der Waals surface area contributed by atoms with E-state index in [2.05, 4.69) is 155 Å². The second-order valence-electron chi connectivity index (χ2n) is 14.0. The molecular formula is C50H33N3OS. The lowest BCUT2D eigenvalue weighted by atomic mass is 9.98. The zero-order chi connectivity index (χ0) is 36.5. The minimum Gasteiger partial charge on any atom is -0.309 e. The van der Waals surface area contributed by atoms with E-state index in [0.29, 0.717) is 0 Å². The third-order valence-corrected chi connectivity index (χ3v) is 13.3. The average molecular weight is 724 g/mol. The van der Waals surface area contributed by atoms with Gasteiger partial charge in [0.1, 0.15) is 9.73 Å². The van der Waals surface area contributed by atoms with E-state index < -0.39 is 9.73 Å². The minimum absolute atomic E-state index is 0.721. The van der Waals surface area contributed by atoms with Crippen molar-refractivity contribution in [2.75, 3.05) is 0 Å². The molecule has 0 N–H and O–H groups in total. The molecule has 3 heterocycles. The number of para-hydroxylation sites is 3. The SMILES string of the molecule is O=S1(c2ccccc2)=NC=C(c2ccc(-n3c4ccccc4c4cc(-c5ccc6c(c5)c5ccccc5n6-c5ccccc5)ccc43)cc2)c2ccccc21. The van der Waals surface area contributed by atoms with Gasteiger partial charge in [-0.05, 0) is 95.6 Å². The van der Waals surface area contributed by atoms with Crippen LogP contribution in [-0.2, 0) is 9.73 Å². The Morgan fingerprint density at radius 1 is 0.400 bits per heavy atom. The highest BCUT2D eigenvalue weighted by Gasteiger charge is 2.25. The summed E-state index contributed by atoms with van der Waals surface area (Å²) in [5, 5.41) is 4.91. The maximum atomic E-state index is 14.3. The highest BCUT2D eigenvalue weighted by Crippen LogP contribution is 2.40. The monoisotopic (exact) mass is 723 g/mol. The van der Waals surface area contributed by atoms with E-state index in [1.165, 1.54) is 43.7 Å². The number of benzene rings is 8. The lowest BCUT2D eigenvalue weighted by Crippen LogP contribution is -2.09. The van der Waals surface area contributed by atoms with Crippen LogP contribution in [0.2, 0.25) is 0 Å². The zero-order valence-electron chi connectivity index (χ0n) is 29.7. The highest BCUT2D eigenvalue weighted by atomic mass is 32.2. The molecule has 2 aromatic heterocycles. The molecule has 10 aromatic rings. The lowest BCUT2D eigenvalue weighted by Gasteiger charge is -2.20. The lowest BCUT2D eigenvalue weighted by molar-refractivity contribution is 0.676. The number of hydrogen-bond acceptors (Lipinski definition) is 2. The van der Waals surface area contributed by atoms with Crippen molar-refractivity contribution in [1.82, 2.24) is 9.13 Å². The normalized spacial score (nSPS) is 15.3. The molecule has 0 saturated heterocycles. The van der Waals surface area contributed by atoms with Crippen LogP contribution in [0.25, 0.3) is 71.7 Å². The average Bonchev–Trinajstić information content (AvgIpc) is 3.77. The molecule has 55 heavy (non-hydrogen) atoms. The van der Waals surface area contributed by atoms with Crippen molar-refractivity contribution < 1.29 is 4.21 Å². The molecule has 0 bridgehead atoms. The predicted molar refractivity (Wildman–Crippen MR) is 228 cm³/mol. The topological polar surface area (TPSA) is 39.3 Å². The first kappa shape index (κ1) is 31.6. The molecule has 0 radical (unpaired) electrons. The maximum absolute atomic E-state index is 14.3. The third-order valence-electron chi connectivity index (χ3n) is 11.0. The van der Waals surface area contributed by atoms with Crippen LogP contribution in [0.3, 0.4) is 0 Å². The molecule has 0 amide bonds. The molecule has 1 aliphatic rings. The van der Waals surface area contributed by atoms with Gasteiger partial charge in [-0.1, -0.05) is 115 Å². The van der Waals surface area contributed by atoms with Gasteiger partial charge in [-0.15, -0.1) is 0 Å². The first-order chi connectivity index (χ1) is 27.2. The van der Waals surface area contributed by atoms with Gasteiger partial charge in [-0.3, -0.25) is 0 Å². The molecule has 1 atom stereocenters. The molecule has 0 saturated carbocycles. The quantitative estimate of drug-likeness (QED) is 0.174. The van der Waals surface area contributed by atoms with Crippen molar-refractivity contribution in [2.24, 2.45) is 4.36 Å². The zero-order valence-corrected chi connectivity index (χ0v) is 30.5. The number of nitrogens with zero attached hydrogens (tertiary/aromatic N) is 3. The summed E-state index contributed by atoms with van der Waals surface area (Å²) in [6.07, 6.45) is 1.80. The molecule has 0 fully saturated rings. The number of rotatable bonds is 5. The van der Waals surface area contributed by atoms with E-state index in [-0.39, 0.29) is 0 Å². The number of hydrogen-bond donors (Lipinski definition) is 0. The Morgan fingerprint density at radius 3 is 1.49 bits per heavy atom. The highest BCUT2D eigenvalue weighted by molar-refractivity contribution is 7.94. The van der Waals surface area contributed by atoms with E-state index in [1.807, 2.05) is 48.5 Å². The van der Waals surface area contributed by atoms with Crippen molar-refractivity contribution in [3.63, 3.8) is 0 Å². The van der Waals surface area contributed by atoms with Crippen molar-refractivity contribution >= 4 is 58.9 Å². The fourth-order valence-corrected chi connectivity index (χ4v) is 10.4. The summed E-state index contributed by atoms with van der Waals surface area (Å²) < 4.78 is 23.8. The van der Waals surface area contributed by atoms with Gasteiger partial charge in [-0.25, -0.2) is 4.21 Å². The van der Waals surface area contributed by atoms with Crippen LogP contribution in [-0.4, -0.2) is 13.3 Å². The maximum Gasteiger partial charge on any atom is 0.109 e. The van der Waals surface area contributed by atoms with E-state index in [0.717, 1.165) is 48.9 Å². The molecule has 1 aliphatic heterocycles. The Morgan fingerprint density at radius 2 is 0.873 bits per heavy atom. The molecule has 1 unspecified atom stereocenters. The van der Waals surface area contributed by atoms with Crippen LogP contribution >= 0.6 is 0 Å². The smallest absolute Gasteiger partial charge is 0.109 e. The first-order valence-corrected chi connectivity index (χ1v) is 20.0.